The second kappa shape index (κ2) is 4.46. The van der Waals surface area contributed by atoms with Gasteiger partial charge in [-0.25, -0.2) is 4.79 Å². The zero-order valence-corrected chi connectivity index (χ0v) is 8.94. The Morgan fingerprint density at radius 3 is 2.40 bits per heavy atom. The first-order valence-corrected chi connectivity index (χ1v) is 4.53. The second-order valence-corrected chi connectivity index (χ2v) is 3.34. The molecule has 0 amide bonds. The van der Waals surface area contributed by atoms with Gasteiger partial charge in [-0.3, -0.25) is 0 Å². The molecule has 0 saturated heterocycles. The molecule has 0 spiro atoms. The summed E-state index contributed by atoms with van der Waals surface area (Å²) >= 11 is 0. The SMILES string of the molecule is COC(=O)c1c(C)ccc(B(O)O)c1C. The van der Waals surface area contributed by atoms with Crippen molar-refractivity contribution in [2.24, 2.45) is 0 Å². The Hall–Kier alpha value is -1.33. The van der Waals surface area contributed by atoms with E-state index in [1.807, 2.05) is 0 Å². The van der Waals surface area contributed by atoms with Gasteiger partial charge < -0.3 is 14.8 Å². The predicted octanol–water partition coefficient (Wildman–Crippen LogP) is -0.230. The molecular formula is C10H13BO4. The molecule has 0 fully saturated rings. The molecule has 0 unspecified atom stereocenters. The lowest BCUT2D eigenvalue weighted by Crippen LogP contribution is -2.33. The summed E-state index contributed by atoms with van der Waals surface area (Å²) in [7, 11) is -0.280. The predicted molar refractivity (Wildman–Crippen MR) is 57.1 cm³/mol. The molecule has 1 aromatic rings. The Bertz CT molecular complexity index is 387. The Morgan fingerprint density at radius 1 is 1.33 bits per heavy atom. The van der Waals surface area contributed by atoms with E-state index in [0.29, 0.717) is 16.6 Å². The summed E-state index contributed by atoms with van der Waals surface area (Å²) in [6, 6.07) is 3.25. The minimum absolute atomic E-state index is 0.320. The zero-order chi connectivity index (χ0) is 11.6. The third kappa shape index (κ3) is 2.19. The first-order valence-electron chi connectivity index (χ1n) is 4.53. The van der Waals surface area contributed by atoms with Crippen LogP contribution in [0.1, 0.15) is 21.5 Å². The summed E-state index contributed by atoms with van der Waals surface area (Å²) in [5, 5.41) is 18.2. The van der Waals surface area contributed by atoms with E-state index >= 15 is 0 Å². The molecule has 1 rings (SSSR count). The maximum atomic E-state index is 11.4. The van der Waals surface area contributed by atoms with Crippen LogP contribution in [0.4, 0.5) is 0 Å². The highest BCUT2D eigenvalue weighted by Gasteiger charge is 2.20. The molecule has 15 heavy (non-hydrogen) atoms. The van der Waals surface area contributed by atoms with Crippen molar-refractivity contribution >= 4 is 18.6 Å². The van der Waals surface area contributed by atoms with Crippen LogP contribution in [0.15, 0.2) is 12.1 Å². The molecule has 80 valence electrons. The van der Waals surface area contributed by atoms with Crippen molar-refractivity contribution in [2.75, 3.05) is 7.11 Å². The summed E-state index contributed by atoms with van der Waals surface area (Å²) in [5.41, 5.74) is 2.00. The van der Waals surface area contributed by atoms with Gasteiger partial charge >= 0.3 is 13.1 Å². The van der Waals surface area contributed by atoms with E-state index in [1.54, 1.807) is 26.0 Å². The lowest BCUT2D eigenvalue weighted by Gasteiger charge is -2.11. The molecule has 0 saturated carbocycles. The Labute approximate surface area is 88.6 Å². The van der Waals surface area contributed by atoms with Crippen molar-refractivity contribution in [1.29, 1.82) is 0 Å². The van der Waals surface area contributed by atoms with Crippen LogP contribution in [0.2, 0.25) is 0 Å². The van der Waals surface area contributed by atoms with Crippen LogP contribution in [0.25, 0.3) is 0 Å². The molecule has 0 bridgehead atoms. The minimum atomic E-state index is -1.57. The molecule has 0 radical (unpaired) electrons. The summed E-state index contributed by atoms with van der Waals surface area (Å²) in [6.07, 6.45) is 0. The Morgan fingerprint density at radius 2 is 1.93 bits per heavy atom. The largest absolute Gasteiger partial charge is 0.488 e. The van der Waals surface area contributed by atoms with Crippen LogP contribution >= 0.6 is 0 Å². The molecule has 0 aliphatic heterocycles. The lowest BCUT2D eigenvalue weighted by molar-refractivity contribution is 0.0599. The highest BCUT2D eigenvalue weighted by Crippen LogP contribution is 2.13. The van der Waals surface area contributed by atoms with Gasteiger partial charge in [0.1, 0.15) is 0 Å². The monoisotopic (exact) mass is 208 g/mol. The lowest BCUT2D eigenvalue weighted by atomic mass is 9.75. The highest BCUT2D eigenvalue weighted by molar-refractivity contribution is 6.59. The van der Waals surface area contributed by atoms with Crippen molar-refractivity contribution < 1.29 is 19.6 Å². The van der Waals surface area contributed by atoms with E-state index < -0.39 is 13.1 Å². The average molecular weight is 208 g/mol. The number of carbonyl (C=O) groups is 1. The maximum Gasteiger partial charge on any atom is 0.488 e. The molecular weight excluding hydrogens is 195 g/mol. The number of aryl methyl sites for hydroxylation is 1. The summed E-state index contributed by atoms with van der Waals surface area (Å²) < 4.78 is 4.63. The van der Waals surface area contributed by atoms with Crippen LogP contribution in [-0.4, -0.2) is 30.2 Å². The number of ether oxygens (including phenoxy) is 1. The van der Waals surface area contributed by atoms with E-state index in [1.165, 1.54) is 7.11 Å². The van der Waals surface area contributed by atoms with E-state index in [4.69, 9.17) is 10.0 Å². The number of methoxy groups -OCH3 is 1. The van der Waals surface area contributed by atoms with Gasteiger partial charge in [0.15, 0.2) is 0 Å². The molecule has 0 heterocycles. The molecule has 5 heteroatoms. The molecule has 4 nitrogen and oxygen atoms in total. The van der Waals surface area contributed by atoms with E-state index in [2.05, 4.69) is 4.74 Å². The van der Waals surface area contributed by atoms with Crippen molar-refractivity contribution in [3.63, 3.8) is 0 Å². The Balaban J connectivity index is 3.36. The number of benzene rings is 1. The first-order chi connectivity index (χ1) is 6.99. The summed E-state index contributed by atoms with van der Waals surface area (Å²) in [4.78, 5) is 11.4. The van der Waals surface area contributed by atoms with Gasteiger partial charge in [-0.15, -0.1) is 0 Å². The van der Waals surface area contributed by atoms with Gasteiger partial charge in [0.2, 0.25) is 0 Å². The second-order valence-electron chi connectivity index (χ2n) is 3.34. The third-order valence-corrected chi connectivity index (χ3v) is 2.38. The summed E-state index contributed by atoms with van der Waals surface area (Å²) in [5.74, 6) is -0.465. The highest BCUT2D eigenvalue weighted by atomic mass is 16.5. The topological polar surface area (TPSA) is 66.8 Å². The Kier molecular flexibility index (Phi) is 3.50. The van der Waals surface area contributed by atoms with E-state index in [-0.39, 0.29) is 0 Å². The number of carbonyl (C=O) groups excluding carboxylic acids is 1. The van der Waals surface area contributed by atoms with Gasteiger partial charge in [-0.1, -0.05) is 12.1 Å². The molecule has 2 N–H and O–H groups in total. The molecule has 1 aromatic carbocycles. The van der Waals surface area contributed by atoms with Crippen LogP contribution in [0, 0.1) is 13.8 Å². The van der Waals surface area contributed by atoms with Crippen LogP contribution < -0.4 is 5.46 Å². The first kappa shape index (κ1) is 11.7. The fourth-order valence-electron chi connectivity index (χ4n) is 1.56. The van der Waals surface area contributed by atoms with Crippen LogP contribution in [-0.2, 0) is 4.74 Å². The standard InChI is InChI=1S/C10H13BO4/c1-6-4-5-8(11(13)14)7(2)9(6)10(12)15-3/h4-5,13-14H,1-3H3. The average Bonchev–Trinajstić information content (AvgIpc) is 2.16. The van der Waals surface area contributed by atoms with Gasteiger partial charge in [0.25, 0.3) is 0 Å². The maximum absolute atomic E-state index is 11.4. The third-order valence-electron chi connectivity index (χ3n) is 2.38. The molecule has 0 atom stereocenters. The summed E-state index contributed by atoms with van der Waals surface area (Å²) in [6.45, 7) is 3.43. The van der Waals surface area contributed by atoms with Crippen LogP contribution in [0.3, 0.4) is 0 Å². The number of hydrogen-bond acceptors (Lipinski definition) is 4. The smallest absolute Gasteiger partial charge is 0.465 e. The van der Waals surface area contributed by atoms with Crippen molar-refractivity contribution in [3.05, 3.63) is 28.8 Å². The molecule has 0 aromatic heterocycles. The van der Waals surface area contributed by atoms with Crippen LogP contribution in [0.5, 0.6) is 0 Å². The molecule has 0 aliphatic carbocycles. The van der Waals surface area contributed by atoms with Gasteiger partial charge in [-0.05, 0) is 30.4 Å². The minimum Gasteiger partial charge on any atom is -0.465 e. The van der Waals surface area contributed by atoms with E-state index in [0.717, 1.165) is 5.56 Å². The van der Waals surface area contributed by atoms with Gasteiger partial charge in [0, 0.05) is 0 Å². The van der Waals surface area contributed by atoms with Crippen molar-refractivity contribution in [1.82, 2.24) is 0 Å². The quantitative estimate of drug-likeness (QED) is 0.520. The van der Waals surface area contributed by atoms with Crippen molar-refractivity contribution in [3.8, 4) is 0 Å². The zero-order valence-electron chi connectivity index (χ0n) is 8.94. The van der Waals surface area contributed by atoms with E-state index in [9.17, 15) is 4.79 Å². The number of hydrogen-bond donors (Lipinski definition) is 2. The normalized spacial score (nSPS) is 9.93. The fourth-order valence-corrected chi connectivity index (χ4v) is 1.56. The van der Waals surface area contributed by atoms with Gasteiger partial charge in [-0.2, -0.15) is 0 Å². The number of esters is 1. The van der Waals surface area contributed by atoms with Crippen molar-refractivity contribution in [2.45, 2.75) is 13.8 Å². The fraction of sp³-hybridized carbons (Fsp3) is 0.300. The molecule has 0 aliphatic rings. The van der Waals surface area contributed by atoms with Gasteiger partial charge in [0.05, 0.1) is 12.7 Å². The number of rotatable bonds is 2.